The lowest BCUT2D eigenvalue weighted by atomic mass is 10.1. The van der Waals surface area contributed by atoms with Gasteiger partial charge in [-0.3, -0.25) is 9.59 Å². The molecule has 0 aliphatic carbocycles. The van der Waals surface area contributed by atoms with Gasteiger partial charge in [-0.2, -0.15) is 0 Å². The molecular formula is C17H23FN2O3. The Hall–Kier alpha value is -1.95. The molecule has 0 bridgehead atoms. The molecule has 2 amide bonds. The Morgan fingerprint density at radius 3 is 2.83 bits per heavy atom. The summed E-state index contributed by atoms with van der Waals surface area (Å²) in [5, 5.41) is 2.84. The molecule has 1 aromatic rings. The molecule has 126 valence electrons. The second-order valence-electron chi connectivity index (χ2n) is 5.75. The van der Waals surface area contributed by atoms with Crippen molar-refractivity contribution in [3.8, 4) is 0 Å². The standard InChI is InChI=1S/C17H23FN2O3/c1-23-10-2-8-19-17(22)14-11-16(21)20(12-14)9-7-13-3-5-15(18)6-4-13/h3-6,14H,2,7-12H2,1H3,(H,19,22)/t14-/m0/s1. The summed E-state index contributed by atoms with van der Waals surface area (Å²) >= 11 is 0. The van der Waals surface area contributed by atoms with Gasteiger partial charge in [-0.1, -0.05) is 12.1 Å². The lowest BCUT2D eigenvalue weighted by Crippen LogP contribution is -2.34. The van der Waals surface area contributed by atoms with E-state index in [4.69, 9.17) is 4.74 Å². The molecule has 0 radical (unpaired) electrons. The minimum absolute atomic E-state index is 0.00385. The van der Waals surface area contributed by atoms with Crippen LogP contribution in [0.1, 0.15) is 18.4 Å². The van der Waals surface area contributed by atoms with Crippen LogP contribution in [0, 0.1) is 11.7 Å². The van der Waals surface area contributed by atoms with Gasteiger partial charge in [-0.15, -0.1) is 0 Å². The molecule has 0 spiro atoms. The van der Waals surface area contributed by atoms with Crippen LogP contribution in [0.2, 0.25) is 0 Å². The molecule has 1 atom stereocenters. The first-order valence-corrected chi connectivity index (χ1v) is 7.89. The summed E-state index contributed by atoms with van der Waals surface area (Å²) < 4.78 is 17.8. The molecule has 1 aromatic carbocycles. The van der Waals surface area contributed by atoms with Crippen molar-refractivity contribution in [1.82, 2.24) is 10.2 Å². The average molecular weight is 322 g/mol. The third-order valence-corrected chi connectivity index (χ3v) is 3.99. The zero-order chi connectivity index (χ0) is 16.7. The molecule has 1 aliphatic heterocycles. The Balaban J connectivity index is 1.75. The maximum atomic E-state index is 12.9. The van der Waals surface area contributed by atoms with Gasteiger partial charge in [0, 0.05) is 39.8 Å². The fourth-order valence-corrected chi connectivity index (χ4v) is 2.65. The van der Waals surface area contributed by atoms with Gasteiger partial charge in [-0.25, -0.2) is 4.39 Å². The van der Waals surface area contributed by atoms with E-state index in [1.807, 2.05) is 0 Å². The van der Waals surface area contributed by atoms with Crippen molar-refractivity contribution in [3.63, 3.8) is 0 Å². The van der Waals surface area contributed by atoms with Crippen molar-refractivity contribution in [2.75, 3.05) is 33.4 Å². The molecule has 0 saturated carbocycles. The van der Waals surface area contributed by atoms with Crippen LogP contribution >= 0.6 is 0 Å². The third kappa shape index (κ3) is 5.32. The fraction of sp³-hybridized carbons (Fsp3) is 0.529. The van der Waals surface area contributed by atoms with E-state index in [1.165, 1.54) is 12.1 Å². The number of ether oxygens (including phenoxy) is 1. The first-order chi connectivity index (χ1) is 11.1. The molecule has 5 nitrogen and oxygen atoms in total. The largest absolute Gasteiger partial charge is 0.385 e. The summed E-state index contributed by atoms with van der Waals surface area (Å²) in [6.45, 7) is 2.18. The number of benzene rings is 1. The van der Waals surface area contributed by atoms with Gasteiger partial charge in [0.25, 0.3) is 0 Å². The predicted molar refractivity (Wildman–Crippen MR) is 84.3 cm³/mol. The van der Waals surface area contributed by atoms with E-state index in [-0.39, 0.29) is 30.0 Å². The van der Waals surface area contributed by atoms with E-state index in [9.17, 15) is 14.0 Å². The highest BCUT2D eigenvalue weighted by Gasteiger charge is 2.33. The number of carbonyl (C=O) groups excluding carboxylic acids is 2. The number of rotatable bonds is 8. The van der Waals surface area contributed by atoms with Gasteiger partial charge in [0.15, 0.2) is 0 Å². The summed E-state index contributed by atoms with van der Waals surface area (Å²) in [5.74, 6) is -0.614. The van der Waals surface area contributed by atoms with Gasteiger partial charge in [0.2, 0.25) is 11.8 Å². The number of carbonyl (C=O) groups is 2. The number of likely N-dealkylation sites (tertiary alicyclic amines) is 1. The van der Waals surface area contributed by atoms with E-state index in [2.05, 4.69) is 5.32 Å². The van der Waals surface area contributed by atoms with E-state index >= 15 is 0 Å². The zero-order valence-corrected chi connectivity index (χ0v) is 13.4. The van der Waals surface area contributed by atoms with Gasteiger partial charge in [0.05, 0.1) is 5.92 Å². The van der Waals surface area contributed by atoms with Crippen molar-refractivity contribution in [1.29, 1.82) is 0 Å². The van der Waals surface area contributed by atoms with Crippen molar-refractivity contribution >= 4 is 11.8 Å². The molecule has 1 heterocycles. The van der Waals surface area contributed by atoms with Crippen molar-refractivity contribution in [2.24, 2.45) is 5.92 Å². The monoisotopic (exact) mass is 322 g/mol. The Labute approximate surface area is 135 Å². The van der Waals surface area contributed by atoms with E-state index < -0.39 is 0 Å². The number of amides is 2. The summed E-state index contributed by atoms with van der Waals surface area (Å²) in [6.07, 6.45) is 1.69. The third-order valence-electron chi connectivity index (χ3n) is 3.99. The van der Waals surface area contributed by atoms with E-state index in [0.717, 1.165) is 12.0 Å². The number of halogens is 1. The number of hydrogen-bond donors (Lipinski definition) is 1. The second-order valence-corrected chi connectivity index (χ2v) is 5.75. The zero-order valence-electron chi connectivity index (χ0n) is 13.4. The molecule has 1 aliphatic rings. The quantitative estimate of drug-likeness (QED) is 0.736. The molecule has 1 saturated heterocycles. The summed E-state index contributed by atoms with van der Waals surface area (Å²) in [6, 6.07) is 6.26. The molecule has 0 unspecified atom stereocenters. The van der Waals surface area contributed by atoms with Crippen LogP contribution in [0.15, 0.2) is 24.3 Å². The minimum Gasteiger partial charge on any atom is -0.385 e. The Morgan fingerprint density at radius 2 is 2.13 bits per heavy atom. The number of hydrogen-bond acceptors (Lipinski definition) is 3. The molecule has 23 heavy (non-hydrogen) atoms. The van der Waals surface area contributed by atoms with E-state index in [0.29, 0.717) is 32.7 Å². The second kappa shape index (κ2) is 8.62. The predicted octanol–water partition coefficient (Wildman–Crippen LogP) is 1.37. The molecule has 0 aromatic heterocycles. The van der Waals surface area contributed by atoms with Crippen molar-refractivity contribution < 1.29 is 18.7 Å². The van der Waals surface area contributed by atoms with Crippen LogP contribution in [0.25, 0.3) is 0 Å². The highest BCUT2D eigenvalue weighted by atomic mass is 19.1. The molecule has 1 N–H and O–H groups in total. The maximum absolute atomic E-state index is 12.9. The normalized spacial score (nSPS) is 17.6. The Bertz CT molecular complexity index is 533. The lowest BCUT2D eigenvalue weighted by molar-refractivity contribution is -0.129. The molecular weight excluding hydrogens is 299 g/mol. The van der Waals surface area contributed by atoms with Gasteiger partial charge in [0.1, 0.15) is 5.82 Å². The number of methoxy groups -OCH3 is 1. The number of nitrogens with zero attached hydrogens (tertiary/aromatic N) is 1. The van der Waals surface area contributed by atoms with Crippen LogP contribution in [0.5, 0.6) is 0 Å². The van der Waals surface area contributed by atoms with Crippen LogP contribution in [0.3, 0.4) is 0 Å². The highest BCUT2D eigenvalue weighted by Crippen LogP contribution is 2.18. The maximum Gasteiger partial charge on any atom is 0.225 e. The summed E-state index contributed by atoms with van der Waals surface area (Å²) in [7, 11) is 1.62. The molecule has 6 heteroatoms. The van der Waals surface area contributed by atoms with Gasteiger partial charge in [-0.05, 0) is 30.5 Å². The highest BCUT2D eigenvalue weighted by molar-refractivity contribution is 5.89. The van der Waals surface area contributed by atoms with E-state index in [1.54, 1.807) is 24.1 Å². The first kappa shape index (κ1) is 17.4. The number of nitrogens with one attached hydrogen (secondary N) is 1. The molecule has 2 rings (SSSR count). The van der Waals surface area contributed by atoms with Crippen molar-refractivity contribution in [3.05, 3.63) is 35.6 Å². The van der Waals surface area contributed by atoms with Gasteiger partial charge < -0.3 is 15.0 Å². The van der Waals surface area contributed by atoms with Gasteiger partial charge >= 0.3 is 0 Å². The van der Waals surface area contributed by atoms with Crippen LogP contribution < -0.4 is 5.32 Å². The van der Waals surface area contributed by atoms with Crippen LogP contribution in [-0.2, 0) is 20.7 Å². The summed E-state index contributed by atoms with van der Waals surface area (Å²) in [5.41, 5.74) is 0.978. The smallest absolute Gasteiger partial charge is 0.225 e. The Kier molecular flexibility index (Phi) is 6.52. The van der Waals surface area contributed by atoms with Crippen molar-refractivity contribution in [2.45, 2.75) is 19.3 Å². The topological polar surface area (TPSA) is 58.6 Å². The summed E-state index contributed by atoms with van der Waals surface area (Å²) in [4.78, 5) is 25.8. The first-order valence-electron chi connectivity index (χ1n) is 7.89. The Morgan fingerprint density at radius 1 is 1.39 bits per heavy atom. The minimum atomic E-state index is -0.279. The lowest BCUT2D eigenvalue weighted by Gasteiger charge is -2.16. The average Bonchev–Trinajstić information content (AvgIpc) is 2.92. The SMILES string of the molecule is COCCCNC(=O)[C@H]1CC(=O)N(CCc2ccc(F)cc2)C1. The molecule has 1 fully saturated rings. The van der Waals surface area contributed by atoms with Crippen LogP contribution in [0.4, 0.5) is 4.39 Å². The fourth-order valence-electron chi connectivity index (χ4n) is 2.65. The van der Waals surface area contributed by atoms with Crippen LogP contribution in [-0.4, -0.2) is 50.1 Å².